The topological polar surface area (TPSA) is 6.48 Å². The summed E-state index contributed by atoms with van der Waals surface area (Å²) in [6.45, 7) is 13.2. The molecule has 0 unspecified atom stereocenters. The van der Waals surface area contributed by atoms with Crippen molar-refractivity contribution in [3.05, 3.63) is 12.3 Å². The lowest BCUT2D eigenvalue weighted by atomic mass is 10.1. The molecule has 1 rings (SSSR count). The van der Waals surface area contributed by atoms with Crippen molar-refractivity contribution in [1.82, 2.24) is 9.80 Å². The van der Waals surface area contributed by atoms with Gasteiger partial charge in [-0.25, -0.2) is 0 Å². The smallest absolute Gasteiger partial charge is 0.0303 e. The number of likely N-dealkylation sites (N-methyl/N-ethyl adjacent to an activating group) is 1. The van der Waals surface area contributed by atoms with Crippen LogP contribution in [0.4, 0.5) is 0 Å². The Morgan fingerprint density at radius 1 is 1.25 bits per heavy atom. The Morgan fingerprint density at radius 3 is 2.17 bits per heavy atom. The van der Waals surface area contributed by atoms with Gasteiger partial charge >= 0.3 is 0 Å². The highest BCUT2D eigenvalue weighted by molar-refractivity contribution is 4.98. The summed E-state index contributed by atoms with van der Waals surface area (Å²) in [4.78, 5) is 4.77. The lowest BCUT2D eigenvalue weighted by molar-refractivity contribution is 0.176. The van der Waals surface area contributed by atoms with Crippen molar-refractivity contribution >= 4 is 0 Å². The van der Waals surface area contributed by atoms with Crippen molar-refractivity contribution in [3.8, 4) is 0 Å². The summed E-state index contributed by atoms with van der Waals surface area (Å²) >= 11 is 0. The summed E-state index contributed by atoms with van der Waals surface area (Å²) < 4.78 is 0. The van der Waals surface area contributed by atoms with Gasteiger partial charge in [-0.15, -0.1) is 0 Å². The third-order valence-corrected chi connectivity index (χ3v) is 2.58. The molecule has 1 heterocycles. The highest BCUT2D eigenvalue weighted by Crippen LogP contribution is 2.14. The van der Waals surface area contributed by atoms with E-state index < -0.39 is 0 Å². The van der Waals surface area contributed by atoms with Crippen molar-refractivity contribution in [3.63, 3.8) is 0 Å². The second-order valence-corrected chi connectivity index (χ2v) is 3.94. The van der Waals surface area contributed by atoms with Gasteiger partial charge in [0.25, 0.3) is 0 Å². The van der Waals surface area contributed by atoms with E-state index in [1.54, 1.807) is 0 Å². The first-order chi connectivity index (χ1) is 5.61. The van der Waals surface area contributed by atoms with E-state index in [4.69, 9.17) is 0 Å². The molecular weight excluding hydrogens is 148 g/mol. The van der Waals surface area contributed by atoms with E-state index in [9.17, 15) is 0 Å². The molecule has 12 heavy (non-hydrogen) atoms. The number of allylic oxidation sites excluding steroid dienone is 1. The summed E-state index contributed by atoms with van der Waals surface area (Å²) in [5.41, 5.74) is 1.29. The third-order valence-electron chi connectivity index (χ3n) is 2.58. The minimum atomic E-state index is 0. The summed E-state index contributed by atoms with van der Waals surface area (Å²) in [6, 6.07) is 0. The SMILES string of the molecule is C=C(C(C)C)N1CCN(C)CC1.[2HH]. The molecule has 2 nitrogen and oxygen atoms in total. The van der Waals surface area contributed by atoms with Gasteiger partial charge in [0.05, 0.1) is 0 Å². The lowest BCUT2D eigenvalue weighted by Gasteiger charge is -2.36. The highest BCUT2D eigenvalue weighted by atomic mass is 15.2. The Labute approximate surface area is 77.3 Å². The quantitative estimate of drug-likeness (QED) is 0.623. The van der Waals surface area contributed by atoms with E-state index in [0.717, 1.165) is 13.1 Å². The van der Waals surface area contributed by atoms with Crippen molar-refractivity contribution in [2.45, 2.75) is 13.8 Å². The molecule has 0 aromatic heterocycles. The zero-order valence-electron chi connectivity index (χ0n) is 8.51. The fourth-order valence-electron chi connectivity index (χ4n) is 1.46. The zero-order valence-corrected chi connectivity index (χ0v) is 8.51. The number of piperazine rings is 1. The molecule has 0 aromatic carbocycles. The van der Waals surface area contributed by atoms with Crippen LogP contribution in [-0.4, -0.2) is 43.0 Å². The fourth-order valence-corrected chi connectivity index (χ4v) is 1.46. The normalized spacial score (nSPS) is 20.2. The molecule has 2 heteroatoms. The fraction of sp³-hybridized carbons (Fsp3) is 0.800. The van der Waals surface area contributed by atoms with Gasteiger partial charge in [0.1, 0.15) is 0 Å². The second kappa shape index (κ2) is 3.94. The van der Waals surface area contributed by atoms with Crippen molar-refractivity contribution in [2.75, 3.05) is 33.2 Å². The van der Waals surface area contributed by atoms with E-state index in [0.29, 0.717) is 5.92 Å². The first-order valence-corrected chi connectivity index (χ1v) is 4.73. The third kappa shape index (κ3) is 2.24. The lowest BCUT2D eigenvalue weighted by Crippen LogP contribution is -2.44. The minimum absolute atomic E-state index is 0. The van der Waals surface area contributed by atoms with Gasteiger partial charge in [0.15, 0.2) is 0 Å². The molecule has 0 amide bonds. The molecule has 0 N–H and O–H groups in total. The molecule has 72 valence electrons. The van der Waals surface area contributed by atoms with Crippen molar-refractivity contribution in [1.29, 1.82) is 0 Å². The first kappa shape index (κ1) is 9.59. The predicted molar refractivity (Wildman–Crippen MR) is 55.2 cm³/mol. The van der Waals surface area contributed by atoms with Crippen LogP contribution in [0.1, 0.15) is 15.3 Å². The molecular formula is C10H22N2. The summed E-state index contributed by atoms with van der Waals surface area (Å²) in [6.07, 6.45) is 0. The van der Waals surface area contributed by atoms with Gasteiger partial charge in [0.2, 0.25) is 0 Å². The largest absolute Gasteiger partial charge is 0.373 e. The van der Waals surface area contributed by atoms with Gasteiger partial charge in [0, 0.05) is 33.3 Å². The van der Waals surface area contributed by atoms with Crippen LogP contribution >= 0.6 is 0 Å². The van der Waals surface area contributed by atoms with Crippen LogP contribution in [0.5, 0.6) is 0 Å². The Hall–Kier alpha value is -0.500. The maximum Gasteiger partial charge on any atom is 0.0303 e. The van der Waals surface area contributed by atoms with E-state index in [2.05, 4.69) is 37.3 Å². The van der Waals surface area contributed by atoms with E-state index in [-0.39, 0.29) is 1.43 Å². The first-order valence-electron chi connectivity index (χ1n) is 4.73. The van der Waals surface area contributed by atoms with E-state index >= 15 is 0 Å². The molecule has 0 atom stereocenters. The zero-order chi connectivity index (χ0) is 9.14. The summed E-state index contributed by atoms with van der Waals surface area (Å²) in [7, 11) is 2.18. The van der Waals surface area contributed by atoms with Crippen LogP contribution in [0.25, 0.3) is 0 Å². The number of hydrogen-bond donors (Lipinski definition) is 0. The van der Waals surface area contributed by atoms with Gasteiger partial charge in [-0.3, -0.25) is 0 Å². The average Bonchev–Trinajstić information content (AvgIpc) is 2.04. The minimum Gasteiger partial charge on any atom is -0.373 e. The Balaban J connectivity index is 0.00000144. The Morgan fingerprint density at radius 2 is 1.75 bits per heavy atom. The molecule has 0 aromatic rings. The molecule has 1 fully saturated rings. The highest BCUT2D eigenvalue weighted by Gasteiger charge is 2.16. The number of hydrogen-bond acceptors (Lipinski definition) is 2. The van der Waals surface area contributed by atoms with E-state index in [1.165, 1.54) is 18.8 Å². The van der Waals surface area contributed by atoms with Gasteiger partial charge in [-0.05, 0) is 13.0 Å². The van der Waals surface area contributed by atoms with Gasteiger partial charge in [-0.1, -0.05) is 20.4 Å². The van der Waals surface area contributed by atoms with Crippen molar-refractivity contribution < 1.29 is 1.43 Å². The molecule has 0 radical (unpaired) electrons. The Bertz CT molecular complexity index is 160. The predicted octanol–water partition coefficient (Wildman–Crippen LogP) is 1.65. The molecule has 1 aliphatic rings. The van der Waals surface area contributed by atoms with Crippen LogP contribution < -0.4 is 0 Å². The van der Waals surface area contributed by atoms with Crippen molar-refractivity contribution in [2.24, 2.45) is 5.92 Å². The maximum atomic E-state index is 4.11. The van der Waals surface area contributed by atoms with Crippen LogP contribution in [0.3, 0.4) is 0 Å². The van der Waals surface area contributed by atoms with E-state index in [1.807, 2.05) is 0 Å². The van der Waals surface area contributed by atoms with Crippen LogP contribution in [0, 0.1) is 5.92 Å². The Kier molecular flexibility index (Phi) is 3.15. The molecule has 1 saturated heterocycles. The summed E-state index contributed by atoms with van der Waals surface area (Å²) in [5.74, 6) is 0.591. The number of rotatable bonds is 2. The van der Waals surface area contributed by atoms with Crippen LogP contribution in [0.2, 0.25) is 0 Å². The monoisotopic (exact) mass is 171 g/mol. The molecule has 0 spiro atoms. The molecule has 1 aliphatic heterocycles. The maximum absolute atomic E-state index is 4.11. The van der Waals surface area contributed by atoms with Crippen LogP contribution in [-0.2, 0) is 0 Å². The molecule has 0 bridgehead atoms. The average molecular weight is 171 g/mol. The number of nitrogens with zero attached hydrogens (tertiary/aromatic N) is 2. The molecule has 0 saturated carbocycles. The molecule has 0 aliphatic carbocycles. The van der Waals surface area contributed by atoms with Gasteiger partial charge < -0.3 is 9.80 Å². The summed E-state index contributed by atoms with van der Waals surface area (Å²) in [5, 5.41) is 0. The van der Waals surface area contributed by atoms with Gasteiger partial charge in [-0.2, -0.15) is 0 Å². The standard InChI is InChI=1S/C10H20N2.H2/c1-9(2)10(3)12-7-5-11(4)6-8-12;/h9H,3,5-8H2,1-2,4H3;1H/i;1+1. The second-order valence-electron chi connectivity index (χ2n) is 3.94. The van der Waals surface area contributed by atoms with Crippen LogP contribution in [0.15, 0.2) is 12.3 Å².